The molecule has 2 N–H and O–H groups in total. The Kier molecular flexibility index (Phi) is 8.79. The van der Waals surface area contributed by atoms with Crippen molar-refractivity contribution in [2.45, 2.75) is 58.9 Å². The minimum absolute atomic E-state index is 0.0550. The summed E-state index contributed by atoms with van der Waals surface area (Å²) in [5.41, 5.74) is 1.79. The van der Waals surface area contributed by atoms with Gasteiger partial charge in [0.25, 0.3) is 11.7 Å². The van der Waals surface area contributed by atoms with E-state index in [0.717, 1.165) is 24.2 Å². The number of aliphatic hydroxyl groups excluding tert-OH is 2. The van der Waals surface area contributed by atoms with Crippen LogP contribution in [0.2, 0.25) is 0 Å². The number of rotatable bonds is 10. The summed E-state index contributed by atoms with van der Waals surface area (Å²) >= 11 is 0. The van der Waals surface area contributed by atoms with Gasteiger partial charge in [0.1, 0.15) is 23.9 Å². The quantitative estimate of drug-likeness (QED) is 0.274. The van der Waals surface area contributed by atoms with Gasteiger partial charge in [0.2, 0.25) is 0 Å². The number of nitrogens with zero attached hydrogens (tertiary/aromatic N) is 1. The normalized spacial score (nSPS) is 17.5. The van der Waals surface area contributed by atoms with Crippen LogP contribution in [-0.4, -0.2) is 53.2 Å². The van der Waals surface area contributed by atoms with Crippen LogP contribution in [0.15, 0.2) is 48.0 Å². The molecule has 194 valence electrons. The highest BCUT2D eigenvalue weighted by atomic mass is 16.5. The molecule has 1 aliphatic heterocycles. The predicted octanol–water partition coefficient (Wildman–Crippen LogP) is 4.98. The first-order chi connectivity index (χ1) is 17.1. The summed E-state index contributed by atoms with van der Waals surface area (Å²) in [6, 6.07) is 11.7. The SMILES string of the molecule is CCCCN1C(=O)C(=O)/C(=C(/O)c2ccc(OCC)c(C(C)(C)C)c2)C1c1cccc(OCCO)c1. The molecule has 1 fully saturated rings. The van der Waals surface area contributed by atoms with Gasteiger partial charge in [-0.05, 0) is 54.7 Å². The molecule has 0 aliphatic carbocycles. The van der Waals surface area contributed by atoms with Crippen LogP contribution in [0.3, 0.4) is 0 Å². The van der Waals surface area contributed by atoms with Crippen molar-refractivity contribution in [3.63, 3.8) is 0 Å². The van der Waals surface area contributed by atoms with Crippen molar-refractivity contribution in [2.75, 3.05) is 26.4 Å². The largest absolute Gasteiger partial charge is 0.507 e. The molecule has 1 atom stereocenters. The minimum Gasteiger partial charge on any atom is -0.507 e. The number of carbonyl (C=O) groups is 2. The molecule has 2 aromatic carbocycles. The molecular weight excluding hydrogens is 458 g/mol. The molecule has 0 saturated carbocycles. The molecule has 1 saturated heterocycles. The van der Waals surface area contributed by atoms with E-state index in [2.05, 4.69) is 20.8 Å². The van der Waals surface area contributed by atoms with Gasteiger partial charge in [0.05, 0.1) is 24.8 Å². The van der Waals surface area contributed by atoms with Gasteiger partial charge in [-0.15, -0.1) is 0 Å². The Hall–Kier alpha value is -3.32. The number of Topliss-reactive ketones (excluding diaryl/α,β-unsaturated/α-hetero) is 1. The van der Waals surface area contributed by atoms with E-state index >= 15 is 0 Å². The highest BCUT2D eigenvalue weighted by molar-refractivity contribution is 6.46. The highest BCUT2D eigenvalue weighted by Crippen LogP contribution is 2.41. The van der Waals surface area contributed by atoms with Crippen LogP contribution in [0.4, 0.5) is 0 Å². The summed E-state index contributed by atoms with van der Waals surface area (Å²) in [6.45, 7) is 11.0. The first-order valence-electron chi connectivity index (χ1n) is 12.5. The summed E-state index contributed by atoms with van der Waals surface area (Å²) in [6.07, 6.45) is 1.57. The third kappa shape index (κ3) is 5.73. The zero-order valence-corrected chi connectivity index (χ0v) is 21.8. The maximum atomic E-state index is 13.3. The van der Waals surface area contributed by atoms with Crippen LogP contribution in [0.1, 0.15) is 70.2 Å². The van der Waals surface area contributed by atoms with Gasteiger partial charge >= 0.3 is 0 Å². The number of amides is 1. The predicted molar refractivity (Wildman–Crippen MR) is 139 cm³/mol. The number of carbonyl (C=O) groups excluding carboxylic acids is 2. The lowest BCUT2D eigenvalue weighted by Crippen LogP contribution is -2.30. The van der Waals surface area contributed by atoms with E-state index in [9.17, 15) is 14.7 Å². The molecular formula is C29H37NO6. The molecule has 7 heteroatoms. The molecule has 0 spiro atoms. The molecule has 2 aromatic rings. The average Bonchev–Trinajstić information content (AvgIpc) is 3.10. The van der Waals surface area contributed by atoms with E-state index in [1.165, 1.54) is 4.90 Å². The van der Waals surface area contributed by atoms with Gasteiger partial charge in [-0.25, -0.2) is 0 Å². The van der Waals surface area contributed by atoms with E-state index in [4.69, 9.17) is 14.6 Å². The Morgan fingerprint density at radius 2 is 1.81 bits per heavy atom. The maximum absolute atomic E-state index is 13.3. The molecule has 1 aliphatic rings. The van der Waals surface area contributed by atoms with Crippen LogP contribution in [0, 0.1) is 0 Å². The number of benzene rings is 2. The lowest BCUT2D eigenvalue weighted by Gasteiger charge is -2.26. The first kappa shape index (κ1) is 27.3. The van der Waals surface area contributed by atoms with Crippen molar-refractivity contribution in [3.8, 4) is 11.5 Å². The Morgan fingerprint density at radius 1 is 1.06 bits per heavy atom. The summed E-state index contributed by atoms with van der Waals surface area (Å²) in [4.78, 5) is 27.9. The molecule has 7 nitrogen and oxygen atoms in total. The smallest absolute Gasteiger partial charge is 0.295 e. The van der Waals surface area contributed by atoms with Crippen molar-refractivity contribution >= 4 is 17.4 Å². The van der Waals surface area contributed by atoms with Gasteiger partial charge in [-0.3, -0.25) is 9.59 Å². The van der Waals surface area contributed by atoms with E-state index in [1.54, 1.807) is 30.3 Å². The number of ether oxygens (including phenoxy) is 2. The van der Waals surface area contributed by atoms with Gasteiger partial charge < -0.3 is 24.6 Å². The molecule has 1 unspecified atom stereocenters. The molecule has 0 aromatic heterocycles. The van der Waals surface area contributed by atoms with E-state index < -0.39 is 17.7 Å². The third-order valence-electron chi connectivity index (χ3n) is 6.19. The van der Waals surface area contributed by atoms with E-state index in [0.29, 0.717) is 30.0 Å². The number of hydrogen-bond donors (Lipinski definition) is 2. The Labute approximate surface area is 213 Å². The number of ketones is 1. The summed E-state index contributed by atoms with van der Waals surface area (Å²) in [5.74, 6) is -0.318. The fraction of sp³-hybridized carbons (Fsp3) is 0.448. The third-order valence-corrected chi connectivity index (χ3v) is 6.19. The second-order valence-electron chi connectivity index (χ2n) is 9.88. The van der Waals surface area contributed by atoms with E-state index in [-0.39, 0.29) is 30.0 Å². The number of unbranched alkanes of at least 4 members (excludes halogenated alkanes) is 1. The lowest BCUT2D eigenvalue weighted by molar-refractivity contribution is -0.139. The Bertz CT molecular complexity index is 1130. The molecule has 0 bridgehead atoms. The van der Waals surface area contributed by atoms with Crippen molar-refractivity contribution in [2.24, 2.45) is 0 Å². The van der Waals surface area contributed by atoms with Gasteiger partial charge in [-0.2, -0.15) is 0 Å². The molecule has 0 radical (unpaired) electrons. The second kappa shape index (κ2) is 11.6. The van der Waals surface area contributed by atoms with Gasteiger partial charge in [-0.1, -0.05) is 46.2 Å². The fourth-order valence-electron chi connectivity index (χ4n) is 4.42. The molecule has 3 rings (SSSR count). The van der Waals surface area contributed by atoms with Crippen molar-refractivity contribution in [3.05, 3.63) is 64.7 Å². The second-order valence-corrected chi connectivity index (χ2v) is 9.88. The van der Waals surface area contributed by atoms with Crippen molar-refractivity contribution in [1.82, 2.24) is 4.90 Å². The molecule has 36 heavy (non-hydrogen) atoms. The van der Waals surface area contributed by atoms with Crippen LogP contribution < -0.4 is 9.47 Å². The monoisotopic (exact) mass is 495 g/mol. The average molecular weight is 496 g/mol. The van der Waals surface area contributed by atoms with Gasteiger partial charge in [0.15, 0.2) is 0 Å². The number of aliphatic hydroxyl groups is 2. The van der Waals surface area contributed by atoms with Crippen molar-refractivity contribution in [1.29, 1.82) is 0 Å². The van der Waals surface area contributed by atoms with Crippen LogP contribution in [0.25, 0.3) is 5.76 Å². The molecule has 1 heterocycles. The van der Waals surface area contributed by atoms with Crippen LogP contribution >= 0.6 is 0 Å². The zero-order chi connectivity index (χ0) is 26.5. The zero-order valence-electron chi connectivity index (χ0n) is 21.8. The highest BCUT2D eigenvalue weighted by Gasteiger charge is 2.46. The Balaban J connectivity index is 2.18. The van der Waals surface area contributed by atoms with Crippen molar-refractivity contribution < 1.29 is 29.3 Å². The summed E-state index contributed by atoms with van der Waals surface area (Å²) < 4.78 is 11.4. The fourth-order valence-corrected chi connectivity index (χ4v) is 4.42. The van der Waals surface area contributed by atoms with Crippen LogP contribution in [-0.2, 0) is 15.0 Å². The molecule has 1 amide bonds. The first-order valence-corrected chi connectivity index (χ1v) is 12.5. The Morgan fingerprint density at radius 3 is 2.44 bits per heavy atom. The summed E-state index contributed by atoms with van der Waals surface area (Å²) in [7, 11) is 0. The van der Waals surface area contributed by atoms with Crippen LogP contribution in [0.5, 0.6) is 11.5 Å². The van der Waals surface area contributed by atoms with Gasteiger partial charge in [0, 0.05) is 17.7 Å². The standard InChI is InChI=1S/C29H37NO6/c1-6-8-14-30-25(19-10-9-11-21(17-19)36-16-15-31)24(27(33)28(30)34)26(32)20-12-13-23(35-7-2)22(18-20)29(3,4)5/h9-13,17-18,25,31-32H,6-8,14-16H2,1-5H3/b26-24+. The number of likely N-dealkylation sites (tertiary alicyclic amines) is 1. The summed E-state index contributed by atoms with van der Waals surface area (Å²) in [5, 5.41) is 20.6. The maximum Gasteiger partial charge on any atom is 0.295 e. The minimum atomic E-state index is -0.751. The topological polar surface area (TPSA) is 96.3 Å². The van der Waals surface area contributed by atoms with E-state index in [1.807, 2.05) is 26.0 Å². The number of hydrogen-bond acceptors (Lipinski definition) is 6. The lowest BCUT2D eigenvalue weighted by atomic mass is 9.84.